The van der Waals surface area contributed by atoms with Crippen molar-refractivity contribution in [2.45, 2.75) is 39.2 Å². The van der Waals surface area contributed by atoms with Crippen molar-refractivity contribution < 1.29 is 0 Å². The van der Waals surface area contributed by atoms with Crippen LogP contribution in [-0.4, -0.2) is 12.6 Å². The van der Waals surface area contributed by atoms with Gasteiger partial charge in [0.2, 0.25) is 0 Å². The third-order valence-corrected chi connectivity index (χ3v) is 3.47. The predicted molar refractivity (Wildman–Crippen MR) is 80.0 cm³/mol. The minimum Gasteiger partial charge on any atom is -0.314 e. The van der Waals surface area contributed by atoms with E-state index in [1.165, 1.54) is 29.2 Å². The molecular formula is C17H23N. The summed E-state index contributed by atoms with van der Waals surface area (Å²) in [5.74, 6) is 0. The molecular weight excluding hydrogens is 218 g/mol. The molecule has 1 atom stereocenters. The van der Waals surface area contributed by atoms with Crippen molar-refractivity contribution in [1.82, 2.24) is 5.32 Å². The molecule has 0 radical (unpaired) electrons. The van der Waals surface area contributed by atoms with Gasteiger partial charge >= 0.3 is 0 Å². The Bertz CT molecular complexity index is 490. The van der Waals surface area contributed by atoms with Crippen LogP contribution in [0.25, 0.3) is 10.8 Å². The van der Waals surface area contributed by atoms with Gasteiger partial charge in [-0.2, -0.15) is 0 Å². The molecule has 0 aliphatic rings. The van der Waals surface area contributed by atoms with Gasteiger partial charge in [-0.1, -0.05) is 56.3 Å². The third-order valence-electron chi connectivity index (χ3n) is 3.47. The van der Waals surface area contributed by atoms with Crippen molar-refractivity contribution in [2.24, 2.45) is 0 Å². The monoisotopic (exact) mass is 241 g/mol. The Kier molecular flexibility index (Phi) is 4.77. The molecule has 2 rings (SSSR count). The zero-order valence-corrected chi connectivity index (χ0v) is 11.4. The van der Waals surface area contributed by atoms with Crippen LogP contribution in [-0.2, 0) is 6.42 Å². The first-order chi connectivity index (χ1) is 8.83. The normalized spacial score (nSPS) is 12.8. The average Bonchev–Trinajstić information content (AvgIpc) is 2.43. The highest BCUT2D eigenvalue weighted by Crippen LogP contribution is 2.17. The minimum absolute atomic E-state index is 0.603. The molecule has 0 aliphatic carbocycles. The van der Waals surface area contributed by atoms with Gasteiger partial charge in [0.05, 0.1) is 0 Å². The maximum atomic E-state index is 3.62. The van der Waals surface area contributed by atoms with Crippen LogP contribution in [0.3, 0.4) is 0 Å². The van der Waals surface area contributed by atoms with Crippen LogP contribution in [0.2, 0.25) is 0 Å². The van der Waals surface area contributed by atoms with Crippen LogP contribution in [0.15, 0.2) is 42.5 Å². The SMILES string of the molecule is CCCNC(CC)Cc1ccc2ccccc2c1. The maximum absolute atomic E-state index is 3.62. The summed E-state index contributed by atoms with van der Waals surface area (Å²) in [5, 5.41) is 6.29. The molecule has 2 aromatic rings. The van der Waals surface area contributed by atoms with Gasteiger partial charge in [-0.3, -0.25) is 0 Å². The van der Waals surface area contributed by atoms with Gasteiger partial charge in [-0.25, -0.2) is 0 Å². The highest BCUT2D eigenvalue weighted by molar-refractivity contribution is 5.82. The maximum Gasteiger partial charge on any atom is 0.0105 e. The Morgan fingerprint density at radius 3 is 2.50 bits per heavy atom. The average molecular weight is 241 g/mol. The molecule has 0 amide bonds. The second-order valence-corrected chi connectivity index (χ2v) is 4.94. The molecule has 1 N–H and O–H groups in total. The number of nitrogens with one attached hydrogen (secondary N) is 1. The molecule has 0 bridgehead atoms. The Balaban J connectivity index is 2.10. The molecule has 0 heterocycles. The molecule has 0 fully saturated rings. The van der Waals surface area contributed by atoms with E-state index in [1.54, 1.807) is 0 Å². The summed E-state index contributed by atoms with van der Waals surface area (Å²) in [6.45, 7) is 5.59. The fraction of sp³-hybridized carbons (Fsp3) is 0.412. The summed E-state index contributed by atoms with van der Waals surface area (Å²) in [4.78, 5) is 0. The van der Waals surface area contributed by atoms with Gasteiger partial charge in [-0.15, -0.1) is 0 Å². The van der Waals surface area contributed by atoms with Crippen molar-refractivity contribution in [3.63, 3.8) is 0 Å². The van der Waals surface area contributed by atoms with E-state index < -0.39 is 0 Å². The highest BCUT2D eigenvalue weighted by atomic mass is 14.9. The molecule has 0 saturated heterocycles. The van der Waals surface area contributed by atoms with E-state index in [9.17, 15) is 0 Å². The van der Waals surface area contributed by atoms with Crippen molar-refractivity contribution in [3.8, 4) is 0 Å². The smallest absolute Gasteiger partial charge is 0.0105 e. The largest absolute Gasteiger partial charge is 0.314 e. The second-order valence-electron chi connectivity index (χ2n) is 4.94. The quantitative estimate of drug-likeness (QED) is 0.800. The lowest BCUT2D eigenvalue weighted by Gasteiger charge is -2.16. The highest BCUT2D eigenvalue weighted by Gasteiger charge is 2.06. The molecule has 1 nitrogen and oxygen atoms in total. The van der Waals surface area contributed by atoms with E-state index in [0.29, 0.717) is 6.04 Å². The summed E-state index contributed by atoms with van der Waals surface area (Å²) in [6.07, 6.45) is 3.52. The van der Waals surface area contributed by atoms with E-state index in [0.717, 1.165) is 13.0 Å². The van der Waals surface area contributed by atoms with Crippen LogP contribution in [0.1, 0.15) is 32.3 Å². The lowest BCUT2D eigenvalue weighted by molar-refractivity contribution is 0.495. The first-order valence-corrected chi connectivity index (χ1v) is 7.04. The number of benzene rings is 2. The van der Waals surface area contributed by atoms with Gasteiger partial charge in [0.15, 0.2) is 0 Å². The van der Waals surface area contributed by atoms with E-state index in [1.807, 2.05) is 0 Å². The van der Waals surface area contributed by atoms with E-state index in [2.05, 4.69) is 61.6 Å². The summed E-state index contributed by atoms with van der Waals surface area (Å²) in [5.41, 5.74) is 1.43. The molecule has 0 spiro atoms. The van der Waals surface area contributed by atoms with Crippen LogP contribution in [0, 0.1) is 0 Å². The van der Waals surface area contributed by atoms with Crippen LogP contribution >= 0.6 is 0 Å². The Morgan fingerprint density at radius 2 is 1.78 bits per heavy atom. The van der Waals surface area contributed by atoms with Crippen LogP contribution in [0.4, 0.5) is 0 Å². The second kappa shape index (κ2) is 6.55. The third kappa shape index (κ3) is 3.33. The summed E-state index contributed by atoms with van der Waals surface area (Å²) < 4.78 is 0. The van der Waals surface area contributed by atoms with Gasteiger partial charge < -0.3 is 5.32 Å². The first kappa shape index (κ1) is 13.1. The van der Waals surface area contributed by atoms with Crippen molar-refractivity contribution in [1.29, 1.82) is 0 Å². The Hall–Kier alpha value is -1.34. The molecule has 0 aliphatic heterocycles. The fourth-order valence-corrected chi connectivity index (χ4v) is 2.36. The number of hydrogen-bond donors (Lipinski definition) is 1. The molecule has 1 unspecified atom stereocenters. The zero-order chi connectivity index (χ0) is 12.8. The van der Waals surface area contributed by atoms with Crippen molar-refractivity contribution in [2.75, 3.05) is 6.54 Å². The lowest BCUT2D eigenvalue weighted by Crippen LogP contribution is -2.31. The fourth-order valence-electron chi connectivity index (χ4n) is 2.36. The Morgan fingerprint density at radius 1 is 1.00 bits per heavy atom. The molecule has 0 aromatic heterocycles. The van der Waals surface area contributed by atoms with Gasteiger partial charge in [0, 0.05) is 6.04 Å². The predicted octanol–water partition coefficient (Wildman–Crippen LogP) is 4.16. The number of fused-ring (bicyclic) bond motifs is 1. The van der Waals surface area contributed by atoms with E-state index >= 15 is 0 Å². The van der Waals surface area contributed by atoms with E-state index in [4.69, 9.17) is 0 Å². The first-order valence-electron chi connectivity index (χ1n) is 7.04. The zero-order valence-electron chi connectivity index (χ0n) is 11.4. The Labute approximate surface area is 110 Å². The van der Waals surface area contributed by atoms with E-state index in [-0.39, 0.29) is 0 Å². The molecule has 96 valence electrons. The lowest BCUT2D eigenvalue weighted by atomic mass is 10.0. The van der Waals surface area contributed by atoms with Crippen LogP contribution < -0.4 is 5.32 Å². The van der Waals surface area contributed by atoms with Crippen molar-refractivity contribution in [3.05, 3.63) is 48.0 Å². The number of hydrogen-bond acceptors (Lipinski definition) is 1. The molecule has 1 heteroatoms. The summed E-state index contributed by atoms with van der Waals surface area (Å²) in [7, 11) is 0. The van der Waals surface area contributed by atoms with Gasteiger partial charge in [0.1, 0.15) is 0 Å². The number of rotatable bonds is 6. The van der Waals surface area contributed by atoms with Gasteiger partial charge in [-0.05, 0) is 42.1 Å². The minimum atomic E-state index is 0.603. The molecule has 2 aromatic carbocycles. The molecule has 0 saturated carbocycles. The van der Waals surface area contributed by atoms with Gasteiger partial charge in [0.25, 0.3) is 0 Å². The topological polar surface area (TPSA) is 12.0 Å². The standard InChI is InChI=1S/C17H23N/c1-3-11-18-17(4-2)13-14-9-10-15-7-5-6-8-16(15)12-14/h5-10,12,17-18H,3-4,11,13H2,1-2H3. The van der Waals surface area contributed by atoms with Crippen molar-refractivity contribution >= 4 is 10.8 Å². The summed E-state index contributed by atoms with van der Waals surface area (Å²) in [6, 6.07) is 16.0. The summed E-state index contributed by atoms with van der Waals surface area (Å²) >= 11 is 0. The van der Waals surface area contributed by atoms with Crippen LogP contribution in [0.5, 0.6) is 0 Å². The molecule has 18 heavy (non-hydrogen) atoms.